The van der Waals surface area contributed by atoms with E-state index in [-0.39, 0.29) is 5.82 Å². The molecule has 10 heteroatoms. The van der Waals surface area contributed by atoms with E-state index in [4.69, 9.17) is 5.26 Å². The molecule has 3 aromatic rings. The molecule has 9 nitrogen and oxygen atoms in total. The fourth-order valence-electron chi connectivity index (χ4n) is 3.22. The molecular weight excluding hydrogens is 397 g/mol. The first-order valence-corrected chi connectivity index (χ1v) is 9.51. The van der Waals surface area contributed by atoms with Crippen LogP contribution in [0.3, 0.4) is 0 Å². The average Bonchev–Trinajstić information content (AvgIpc) is 3.20. The summed E-state index contributed by atoms with van der Waals surface area (Å²) in [5.74, 6) is 0.649. The van der Waals surface area contributed by atoms with Crippen molar-refractivity contribution in [2.24, 2.45) is 9.98 Å². The molecule has 3 rings (SSSR count). The van der Waals surface area contributed by atoms with Crippen molar-refractivity contribution in [3.8, 4) is 17.5 Å². The molecule has 0 unspecified atom stereocenters. The monoisotopic (exact) mass is 421 g/mol. The van der Waals surface area contributed by atoms with Crippen LogP contribution >= 0.6 is 0 Å². The summed E-state index contributed by atoms with van der Waals surface area (Å²) in [6.07, 6.45) is 3.52. The molecule has 0 radical (unpaired) electrons. The second-order valence-corrected chi connectivity index (χ2v) is 6.72. The molecular formula is C21H24FN9. The molecule has 31 heavy (non-hydrogen) atoms. The number of pyridine rings is 1. The standard InChI is InChI=1S/C21H24FN9/c1-24-12-31(4)18-9-19(25-2)30-20-16(18)8-17(29-20)14-5-13(6-15(22)7-14)10-27-21(26-3)28-11-23/h5-9,12H,10H2,1-4H3,(H2,25,29,30)(H2,26,27,28). The van der Waals surface area contributed by atoms with Crippen molar-refractivity contribution >= 4 is 34.8 Å². The first-order valence-electron chi connectivity index (χ1n) is 9.51. The van der Waals surface area contributed by atoms with Crippen molar-refractivity contribution < 1.29 is 4.39 Å². The molecule has 0 saturated heterocycles. The SMILES string of the molecule is CN=CN(C)c1cc(NC)nc2[nH]c(-c3cc(F)cc(CNC(=NC)NC#N)c3)cc12. The minimum Gasteiger partial charge on any atom is -0.373 e. The van der Waals surface area contributed by atoms with E-state index >= 15 is 0 Å². The number of hydrogen-bond acceptors (Lipinski definition) is 5. The Kier molecular flexibility index (Phi) is 6.67. The zero-order valence-corrected chi connectivity index (χ0v) is 17.8. The van der Waals surface area contributed by atoms with E-state index in [0.29, 0.717) is 35.1 Å². The number of aromatic amines is 1. The fraction of sp³-hybridized carbons (Fsp3) is 0.238. The predicted molar refractivity (Wildman–Crippen MR) is 123 cm³/mol. The van der Waals surface area contributed by atoms with Gasteiger partial charge in [0.05, 0.1) is 12.0 Å². The third-order valence-electron chi connectivity index (χ3n) is 4.63. The van der Waals surface area contributed by atoms with E-state index in [1.807, 2.05) is 30.1 Å². The van der Waals surface area contributed by atoms with Crippen molar-refractivity contribution in [3.05, 3.63) is 41.7 Å². The summed E-state index contributed by atoms with van der Waals surface area (Å²) in [7, 11) is 6.97. The Morgan fingerprint density at radius 1 is 1.29 bits per heavy atom. The third kappa shape index (κ3) is 4.90. The summed E-state index contributed by atoms with van der Waals surface area (Å²) >= 11 is 0. The number of nitrogens with one attached hydrogen (secondary N) is 4. The van der Waals surface area contributed by atoms with E-state index in [1.165, 1.54) is 12.1 Å². The number of rotatable bonds is 6. The molecule has 0 aliphatic heterocycles. The van der Waals surface area contributed by atoms with Crippen LogP contribution in [-0.2, 0) is 6.54 Å². The van der Waals surface area contributed by atoms with Crippen LogP contribution in [0.4, 0.5) is 15.9 Å². The van der Waals surface area contributed by atoms with Crippen LogP contribution in [0.5, 0.6) is 0 Å². The Bertz CT molecular complexity index is 1170. The number of fused-ring (bicyclic) bond motifs is 1. The predicted octanol–water partition coefficient (Wildman–Crippen LogP) is 2.65. The fourth-order valence-corrected chi connectivity index (χ4v) is 3.22. The lowest BCUT2D eigenvalue weighted by Crippen LogP contribution is -2.33. The van der Waals surface area contributed by atoms with Gasteiger partial charge in [-0.25, -0.2) is 9.37 Å². The van der Waals surface area contributed by atoms with Crippen molar-refractivity contribution in [1.29, 1.82) is 5.26 Å². The van der Waals surface area contributed by atoms with E-state index in [1.54, 1.807) is 33.7 Å². The summed E-state index contributed by atoms with van der Waals surface area (Å²) in [6, 6.07) is 8.64. The molecule has 2 heterocycles. The Morgan fingerprint density at radius 2 is 2.10 bits per heavy atom. The molecule has 4 N–H and O–H groups in total. The van der Waals surface area contributed by atoms with Gasteiger partial charge in [0.25, 0.3) is 0 Å². The number of aliphatic imine (C=N–C) groups is 2. The molecule has 2 aromatic heterocycles. The van der Waals surface area contributed by atoms with Gasteiger partial charge in [0, 0.05) is 57.4 Å². The van der Waals surface area contributed by atoms with Gasteiger partial charge in [-0.1, -0.05) is 0 Å². The molecule has 0 spiro atoms. The summed E-state index contributed by atoms with van der Waals surface area (Å²) in [5.41, 5.74) is 3.71. The molecule has 0 atom stereocenters. The average molecular weight is 421 g/mol. The molecule has 0 saturated carbocycles. The maximum atomic E-state index is 14.4. The third-order valence-corrected chi connectivity index (χ3v) is 4.63. The first kappa shape index (κ1) is 21.6. The van der Waals surface area contributed by atoms with Crippen molar-refractivity contribution in [1.82, 2.24) is 20.6 Å². The van der Waals surface area contributed by atoms with E-state index in [2.05, 4.69) is 35.9 Å². The van der Waals surface area contributed by atoms with Crippen LogP contribution in [0.15, 0.2) is 40.3 Å². The van der Waals surface area contributed by atoms with Gasteiger partial charge < -0.3 is 20.5 Å². The van der Waals surface area contributed by atoms with Gasteiger partial charge in [0.1, 0.15) is 17.3 Å². The Hall–Kier alpha value is -4.13. The number of aromatic nitrogens is 2. The Morgan fingerprint density at radius 3 is 2.77 bits per heavy atom. The zero-order valence-electron chi connectivity index (χ0n) is 17.8. The van der Waals surface area contributed by atoms with Gasteiger partial charge in [0.15, 0.2) is 6.19 Å². The van der Waals surface area contributed by atoms with Gasteiger partial charge in [-0.2, -0.15) is 5.26 Å². The molecule has 0 amide bonds. The number of halogens is 1. The summed E-state index contributed by atoms with van der Waals surface area (Å²) in [5, 5.41) is 18.1. The van der Waals surface area contributed by atoms with Crippen molar-refractivity contribution in [2.45, 2.75) is 6.54 Å². The van der Waals surface area contributed by atoms with E-state index in [0.717, 1.165) is 16.8 Å². The second kappa shape index (κ2) is 9.58. The Labute approximate surface area is 179 Å². The highest BCUT2D eigenvalue weighted by Crippen LogP contribution is 2.32. The number of nitrogens with zero attached hydrogens (tertiary/aromatic N) is 5. The molecule has 160 valence electrons. The summed E-state index contributed by atoms with van der Waals surface area (Å²) in [6.45, 7) is 0.301. The summed E-state index contributed by atoms with van der Waals surface area (Å²) in [4.78, 5) is 17.8. The van der Waals surface area contributed by atoms with Crippen LogP contribution in [0, 0.1) is 17.3 Å². The van der Waals surface area contributed by atoms with Crippen LogP contribution in [0.2, 0.25) is 0 Å². The molecule has 0 bridgehead atoms. The first-order chi connectivity index (χ1) is 15.0. The maximum Gasteiger partial charge on any atom is 0.204 e. The minimum absolute atomic E-state index is 0.301. The molecule has 1 aromatic carbocycles. The maximum absolute atomic E-state index is 14.4. The van der Waals surface area contributed by atoms with Crippen molar-refractivity contribution in [2.75, 3.05) is 38.4 Å². The quantitative estimate of drug-likeness (QED) is 0.210. The highest BCUT2D eigenvalue weighted by molar-refractivity contribution is 5.99. The number of anilines is 2. The van der Waals surface area contributed by atoms with Gasteiger partial charge in [-0.05, 0) is 29.8 Å². The van der Waals surface area contributed by atoms with Crippen LogP contribution in [0.1, 0.15) is 5.56 Å². The number of guanidine groups is 1. The zero-order chi connectivity index (χ0) is 22.4. The van der Waals surface area contributed by atoms with Gasteiger partial charge in [-0.3, -0.25) is 15.3 Å². The molecule has 0 aliphatic carbocycles. The largest absolute Gasteiger partial charge is 0.373 e. The normalized spacial score (nSPS) is 11.5. The lowest BCUT2D eigenvalue weighted by molar-refractivity contribution is 0.625. The van der Waals surface area contributed by atoms with Crippen LogP contribution in [0.25, 0.3) is 22.3 Å². The van der Waals surface area contributed by atoms with Crippen molar-refractivity contribution in [3.63, 3.8) is 0 Å². The number of H-pyrrole nitrogens is 1. The minimum atomic E-state index is -0.365. The number of hydrogen-bond donors (Lipinski definition) is 4. The Balaban J connectivity index is 2.01. The molecule has 0 aliphatic rings. The lowest BCUT2D eigenvalue weighted by atomic mass is 10.1. The second-order valence-electron chi connectivity index (χ2n) is 6.72. The van der Waals surface area contributed by atoms with E-state index < -0.39 is 0 Å². The van der Waals surface area contributed by atoms with E-state index in [9.17, 15) is 4.39 Å². The lowest BCUT2D eigenvalue weighted by Gasteiger charge is -2.15. The number of benzene rings is 1. The van der Waals surface area contributed by atoms with Gasteiger partial charge in [-0.15, -0.1) is 0 Å². The molecule has 0 fully saturated rings. The van der Waals surface area contributed by atoms with Gasteiger partial charge in [0.2, 0.25) is 5.96 Å². The van der Waals surface area contributed by atoms with Gasteiger partial charge >= 0.3 is 0 Å². The van der Waals surface area contributed by atoms with Crippen LogP contribution < -0.4 is 20.9 Å². The smallest absolute Gasteiger partial charge is 0.204 e. The topological polar surface area (TPSA) is 117 Å². The number of nitriles is 1. The van der Waals surface area contributed by atoms with Crippen LogP contribution in [-0.4, -0.2) is 50.5 Å². The highest BCUT2D eigenvalue weighted by atomic mass is 19.1. The highest BCUT2D eigenvalue weighted by Gasteiger charge is 2.14. The summed E-state index contributed by atoms with van der Waals surface area (Å²) < 4.78 is 14.4.